The molecule has 1 aromatic rings. The summed E-state index contributed by atoms with van der Waals surface area (Å²) in [6.07, 6.45) is 3.99. The minimum atomic E-state index is 0.632. The monoisotopic (exact) mass is 203 g/mol. The van der Waals surface area contributed by atoms with Crippen LogP contribution in [-0.2, 0) is 0 Å². The summed E-state index contributed by atoms with van der Waals surface area (Å²) < 4.78 is 0. The summed E-state index contributed by atoms with van der Waals surface area (Å²) in [6, 6.07) is 4.83. The smallest absolute Gasteiger partial charge is 0.149 e. The van der Waals surface area contributed by atoms with Crippen molar-refractivity contribution >= 4 is 11.5 Å². The van der Waals surface area contributed by atoms with Gasteiger partial charge in [-0.05, 0) is 37.8 Å². The first kappa shape index (κ1) is 9.01. The maximum absolute atomic E-state index is 4.56. The molecule has 0 radical (unpaired) electrons. The van der Waals surface area contributed by atoms with Crippen molar-refractivity contribution in [3.8, 4) is 0 Å². The largest absolute Gasteiger partial charge is 0.382 e. The molecule has 80 valence electrons. The first-order chi connectivity index (χ1) is 7.33. The average Bonchev–Trinajstić information content (AvgIpc) is 2.58. The number of hydrogen-bond acceptors (Lipinski definition) is 3. The predicted octanol–water partition coefficient (Wildman–Crippen LogP) is 2.40. The summed E-state index contributed by atoms with van der Waals surface area (Å²) in [5.74, 6) is 1.82. The molecule has 2 unspecified atom stereocenters. The van der Waals surface area contributed by atoms with E-state index < -0.39 is 0 Å². The molecule has 2 heterocycles. The lowest BCUT2D eigenvalue weighted by atomic mass is 10.0. The van der Waals surface area contributed by atoms with E-state index in [1.807, 2.05) is 6.92 Å². The van der Waals surface area contributed by atoms with Gasteiger partial charge < -0.3 is 10.6 Å². The molecule has 2 atom stereocenters. The summed E-state index contributed by atoms with van der Waals surface area (Å²) >= 11 is 0. The van der Waals surface area contributed by atoms with Gasteiger partial charge in [0.15, 0.2) is 0 Å². The summed E-state index contributed by atoms with van der Waals surface area (Å²) in [5, 5.41) is 7.09. The van der Waals surface area contributed by atoms with Gasteiger partial charge in [-0.15, -0.1) is 0 Å². The first-order valence-corrected chi connectivity index (χ1v) is 5.81. The molecule has 0 bridgehead atoms. The highest BCUT2D eigenvalue weighted by Crippen LogP contribution is 2.33. The third-order valence-electron chi connectivity index (χ3n) is 3.57. The van der Waals surface area contributed by atoms with Crippen LogP contribution >= 0.6 is 0 Å². The lowest BCUT2D eigenvalue weighted by Crippen LogP contribution is -2.25. The van der Waals surface area contributed by atoms with Crippen molar-refractivity contribution in [2.75, 3.05) is 17.2 Å². The molecule has 0 aromatic carbocycles. The summed E-state index contributed by atoms with van der Waals surface area (Å²) in [7, 11) is 0. The second-order valence-corrected chi connectivity index (χ2v) is 4.67. The SMILES string of the molecule is Cc1ccc2c(n1)NC1CCCC1CN2. The van der Waals surface area contributed by atoms with Crippen LogP contribution in [0.1, 0.15) is 25.0 Å². The molecule has 1 fully saturated rings. The van der Waals surface area contributed by atoms with Gasteiger partial charge in [0.05, 0.1) is 5.69 Å². The standard InChI is InChI=1S/C12H17N3/c1-8-5-6-11-12(14-8)15-10-4-2-3-9(10)7-13-11/h5-6,9-10,13H,2-4,7H2,1H3,(H,14,15). The van der Waals surface area contributed by atoms with Crippen LogP contribution in [0.25, 0.3) is 0 Å². The van der Waals surface area contributed by atoms with Gasteiger partial charge >= 0.3 is 0 Å². The van der Waals surface area contributed by atoms with Gasteiger partial charge in [0, 0.05) is 18.3 Å². The number of anilines is 2. The van der Waals surface area contributed by atoms with Crippen molar-refractivity contribution in [3.63, 3.8) is 0 Å². The van der Waals surface area contributed by atoms with E-state index in [4.69, 9.17) is 0 Å². The van der Waals surface area contributed by atoms with Crippen LogP contribution in [0.5, 0.6) is 0 Å². The van der Waals surface area contributed by atoms with Crippen molar-refractivity contribution < 1.29 is 0 Å². The molecule has 2 aliphatic rings. The Kier molecular flexibility index (Phi) is 2.04. The van der Waals surface area contributed by atoms with Crippen LogP contribution in [0.3, 0.4) is 0 Å². The maximum atomic E-state index is 4.56. The molecule has 1 aliphatic heterocycles. The zero-order chi connectivity index (χ0) is 10.3. The van der Waals surface area contributed by atoms with E-state index in [-0.39, 0.29) is 0 Å². The Morgan fingerprint density at radius 2 is 2.27 bits per heavy atom. The molecule has 1 saturated carbocycles. The van der Waals surface area contributed by atoms with E-state index in [9.17, 15) is 0 Å². The first-order valence-electron chi connectivity index (χ1n) is 5.81. The minimum absolute atomic E-state index is 0.632. The van der Waals surface area contributed by atoms with E-state index in [0.29, 0.717) is 6.04 Å². The highest BCUT2D eigenvalue weighted by molar-refractivity contribution is 5.66. The lowest BCUT2D eigenvalue weighted by Gasteiger charge is -2.17. The molecule has 0 spiro atoms. The van der Waals surface area contributed by atoms with Crippen molar-refractivity contribution in [2.45, 2.75) is 32.2 Å². The Bertz CT molecular complexity index is 375. The molecular formula is C12H17N3. The molecule has 0 amide bonds. The van der Waals surface area contributed by atoms with Gasteiger partial charge in [0.25, 0.3) is 0 Å². The van der Waals surface area contributed by atoms with Crippen molar-refractivity contribution in [1.29, 1.82) is 0 Å². The fraction of sp³-hybridized carbons (Fsp3) is 0.583. The zero-order valence-electron chi connectivity index (χ0n) is 9.09. The van der Waals surface area contributed by atoms with Crippen LogP contribution in [0.15, 0.2) is 12.1 Å². The van der Waals surface area contributed by atoms with E-state index in [0.717, 1.165) is 29.7 Å². The van der Waals surface area contributed by atoms with Crippen LogP contribution in [0.4, 0.5) is 11.5 Å². The number of nitrogens with one attached hydrogen (secondary N) is 2. The van der Waals surface area contributed by atoms with Crippen LogP contribution in [-0.4, -0.2) is 17.6 Å². The van der Waals surface area contributed by atoms with Crippen LogP contribution in [0.2, 0.25) is 0 Å². The number of aromatic nitrogens is 1. The van der Waals surface area contributed by atoms with Crippen molar-refractivity contribution in [2.24, 2.45) is 5.92 Å². The molecule has 0 saturated heterocycles. The van der Waals surface area contributed by atoms with E-state index >= 15 is 0 Å². The predicted molar refractivity (Wildman–Crippen MR) is 62.2 cm³/mol. The fourth-order valence-corrected chi connectivity index (χ4v) is 2.70. The third-order valence-corrected chi connectivity index (χ3v) is 3.57. The molecular weight excluding hydrogens is 186 g/mol. The molecule has 1 aliphatic carbocycles. The molecule has 3 rings (SSSR count). The van der Waals surface area contributed by atoms with Crippen molar-refractivity contribution in [3.05, 3.63) is 17.8 Å². The summed E-state index contributed by atoms with van der Waals surface area (Å²) in [5.41, 5.74) is 2.24. The van der Waals surface area contributed by atoms with E-state index in [1.165, 1.54) is 19.3 Å². The number of hydrogen-bond donors (Lipinski definition) is 2. The highest BCUT2D eigenvalue weighted by Gasteiger charge is 2.30. The normalized spacial score (nSPS) is 28.3. The van der Waals surface area contributed by atoms with Crippen LogP contribution < -0.4 is 10.6 Å². The number of fused-ring (bicyclic) bond motifs is 2. The lowest BCUT2D eigenvalue weighted by molar-refractivity contribution is 0.536. The Morgan fingerprint density at radius 3 is 3.20 bits per heavy atom. The van der Waals surface area contributed by atoms with Gasteiger partial charge in [0.1, 0.15) is 5.82 Å². The Labute approximate surface area is 90.3 Å². The van der Waals surface area contributed by atoms with E-state index in [2.05, 4.69) is 27.8 Å². The van der Waals surface area contributed by atoms with Gasteiger partial charge in [0.2, 0.25) is 0 Å². The number of pyridine rings is 1. The second-order valence-electron chi connectivity index (χ2n) is 4.67. The second kappa shape index (κ2) is 3.40. The van der Waals surface area contributed by atoms with Gasteiger partial charge in [-0.2, -0.15) is 0 Å². The van der Waals surface area contributed by atoms with E-state index in [1.54, 1.807) is 0 Å². The zero-order valence-corrected chi connectivity index (χ0v) is 9.09. The number of rotatable bonds is 0. The summed E-state index contributed by atoms with van der Waals surface area (Å²) in [6.45, 7) is 3.13. The Balaban J connectivity index is 1.94. The molecule has 3 heteroatoms. The topological polar surface area (TPSA) is 37.0 Å². The molecule has 1 aromatic heterocycles. The molecule has 15 heavy (non-hydrogen) atoms. The maximum Gasteiger partial charge on any atom is 0.149 e. The Morgan fingerprint density at radius 1 is 1.33 bits per heavy atom. The fourth-order valence-electron chi connectivity index (χ4n) is 2.70. The van der Waals surface area contributed by atoms with Gasteiger partial charge in [-0.3, -0.25) is 0 Å². The van der Waals surface area contributed by atoms with Crippen molar-refractivity contribution in [1.82, 2.24) is 4.98 Å². The van der Waals surface area contributed by atoms with Gasteiger partial charge in [-0.25, -0.2) is 4.98 Å². The third kappa shape index (κ3) is 1.56. The average molecular weight is 203 g/mol. The highest BCUT2D eigenvalue weighted by atomic mass is 15.1. The molecule has 2 N–H and O–H groups in total. The summed E-state index contributed by atoms with van der Waals surface area (Å²) in [4.78, 5) is 4.56. The van der Waals surface area contributed by atoms with Gasteiger partial charge in [-0.1, -0.05) is 6.42 Å². The quantitative estimate of drug-likeness (QED) is 0.680. The minimum Gasteiger partial charge on any atom is -0.382 e. The molecule has 3 nitrogen and oxygen atoms in total. The van der Waals surface area contributed by atoms with Crippen LogP contribution in [0, 0.1) is 12.8 Å². The number of aryl methyl sites for hydroxylation is 1. The Hall–Kier alpha value is -1.25. The number of nitrogens with zero attached hydrogens (tertiary/aromatic N) is 1.